The summed E-state index contributed by atoms with van der Waals surface area (Å²) in [6.07, 6.45) is 0. The van der Waals surface area contributed by atoms with Crippen LogP contribution in [0.3, 0.4) is 0 Å². The van der Waals surface area contributed by atoms with E-state index in [-0.39, 0.29) is 5.91 Å². The monoisotopic (exact) mass is 455 g/mol. The topological polar surface area (TPSA) is 70.7 Å². The maximum absolute atomic E-state index is 12.4. The first-order valence-corrected chi connectivity index (χ1v) is 9.53. The van der Waals surface area contributed by atoms with Gasteiger partial charge in [-0.05, 0) is 42.9 Å². The Bertz CT molecular complexity index is 865. The predicted octanol–water partition coefficient (Wildman–Crippen LogP) is 4.12. The summed E-state index contributed by atoms with van der Waals surface area (Å²) in [6, 6.07) is 7.51. The number of ether oxygens (including phenoxy) is 1. The normalized spacial score (nSPS) is 10.2. The van der Waals surface area contributed by atoms with Crippen molar-refractivity contribution in [2.75, 3.05) is 31.8 Å². The largest absolute Gasteiger partial charge is 0.465 e. The number of halogens is 1. The summed E-state index contributed by atoms with van der Waals surface area (Å²) in [6.45, 7) is 1.72. The summed E-state index contributed by atoms with van der Waals surface area (Å²) in [5.74, 6) is -0.708. The molecule has 0 atom stereocenters. The van der Waals surface area contributed by atoms with E-state index in [9.17, 15) is 9.59 Å². The first-order valence-electron chi connectivity index (χ1n) is 7.51. The number of amides is 1. The zero-order chi connectivity index (χ0) is 19.4. The Labute approximate surface area is 169 Å². The molecule has 2 rings (SSSR count). The Morgan fingerprint density at radius 2 is 1.96 bits per heavy atom. The van der Waals surface area contributed by atoms with Crippen LogP contribution in [0.4, 0.5) is 10.7 Å². The Kier molecular flexibility index (Phi) is 6.74. The van der Waals surface area contributed by atoms with Gasteiger partial charge in [-0.1, -0.05) is 22.0 Å². The molecule has 1 aromatic carbocycles. The van der Waals surface area contributed by atoms with Crippen molar-refractivity contribution >= 4 is 67.2 Å². The van der Waals surface area contributed by atoms with Crippen molar-refractivity contribution in [3.8, 4) is 0 Å². The maximum Gasteiger partial charge on any atom is 0.341 e. The molecule has 0 saturated heterocycles. The number of carbonyl (C=O) groups excluding carboxylic acids is 2. The third kappa shape index (κ3) is 4.60. The fourth-order valence-electron chi connectivity index (χ4n) is 2.19. The summed E-state index contributed by atoms with van der Waals surface area (Å²) in [5.41, 5.74) is 1.66. The molecule has 26 heavy (non-hydrogen) atoms. The van der Waals surface area contributed by atoms with Crippen LogP contribution in [-0.4, -0.2) is 43.1 Å². The van der Waals surface area contributed by atoms with E-state index >= 15 is 0 Å². The van der Waals surface area contributed by atoms with Gasteiger partial charge < -0.3 is 20.3 Å². The van der Waals surface area contributed by atoms with Crippen LogP contribution in [0.5, 0.6) is 0 Å². The number of anilines is 2. The van der Waals surface area contributed by atoms with E-state index in [0.29, 0.717) is 26.1 Å². The van der Waals surface area contributed by atoms with E-state index in [1.807, 2.05) is 24.3 Å². The molecule has 0 bridgehead atoms. The van der Waals surface area contributed by atoms with Gasteiger partial charge in [0.2, 0.25) is 0 Å². The van der Waals surface area contributed by atoms with Gasteiger partial charge in [-0.15, -0.1) is 11.3 Å². The molecular formula is C17H18BrN3O3S2. The van der Waals surface area contributed by atoms with Crippen LogP contribution in [0.1, 0.15) is 25.6 Å². The fourth-order valence-corrected chi connectivity index (χ4v) is 4.09. The molecule has 0 saturated carbocycles. The first-order chi connectivity index (χ1) is 12.2. The van der Waals surface area contributed by atoms with Gasteiger partial charge in [0, 0.05) is 24.3 Å². The zero-order valence-corrected chi connectivity index (χ0v) is 17.9. The first kappa shape index (κ1) is 20.3. The van der Waals surface area contributed by atoms with Crippen LogP contribution >= 0.6 is 39.5 Å². The molecule has 0 aliphatic rings. The van der Waals surface area contributed by atoms with Crippen LogP contribution in [0.15, 0.2) is 28.7 Å². The summed E-state index contributed by atoms with van der Waals surface area (Å²) in [5, 5.41) is 6.82. The van der Waals surface area contributed by atoms with E-state index in [1.165, 1.54) is 23.3 Å². The Hall–Kier alpha value is -1.97. The molecule has 0 aliphatic heterocycles. The van der Waals surface area contributed by atoms with Crippen molar-refractivity contribution < 1.29 is 14.3 Å². The molecular weight excluding hydrogens is 438 g/mol. The summed E-state index contributed by atoms with van der Waals surface area (Å²) < 4.78 is 5.77. The third-order valence-corrected chi connectivity index (χ3v) is 5.34. The molecule has 2 aromatic rings. The van der Waals surface area contributed by atoms with Gasteiger partial charge in [0.15, 0.2) is 5.11 Å². The lowest BCUT2D eigenvalue weighted by molar-refractivity contribution is 0.0601. The lowest BCUT2D eigenvalue weighted by Gasteiger charge is -2.11. The minimum atomic E-state index is -0.524. The average Bonchev–Trinajstić information content (AvgIpc) is 2.89. The number of hydrogen-bond acceptors (Lipinski definition) is 5. The van der Waals surface area contributed by atoms with E-state index in [4.69, 9.17) is 17.0 Å². The van der Waals surface area contributed by atoms with Gasteiger partial charge in [-0.25, -0.2) is 4.79 Å². The van der Waals surface area contributed by atoms with Crippen molar-refractivity contribution in [2.24, 2.45) is 0 Å². The molecule has 9 heteroatoms. The SMILES string of the molecule is COC(=O)c1c(NC(=S)Nc2cccc(Br)c2)sc(C(=O)N(C)C)c1C. The van der Waals surface area contributed by atoms with Gasteiger partial charge in [-0.3, -0.25) is 4.79 Å². The van der Waals surface area contributed by atoms with E-state index < -0.39 is 5.97 Å². The van der Waals surface area contributed by atoms with Gasteiger partial charge in [-0.2, -0.15) is 0 Å². The van der Waals surface area contributed by atoms with Crippen molar-refractivity contribution in [1.82, 2.24) is 4.90 Å². The second kappa shape index (κ2) is 8.61. The number of thiophene rings is 1. The average molecular weight is 456 g/mol. The van der Waals surface area contributed by atoms with Gasteiger partial charge in [0.1, 0.15) is 5.00 Å². The third-order valence-electron chi connectivity index (χ3n) is 3.45. The van der Waals surface area contributed by atoms with Crippen LogP contribution < -0.4 is 10.6 Å². The summed E-state index contributed by atoms with van der Waals surface area (Å²) >= 11 is 9.90. The quantitative estimate of drug-likeness (QED) is 0.533. The minimum absolute atomic E-state index is 0.184. The Morgan fingerprint density at radius 3 is 2.54 bits per heavy atom. The van der Waals surface area contributed by atoms with Crippen LogP contribution in [0.2, 0.25) is 0 Å². The number of benzene rings is 1. The molecule has 1 heterocycles. The predicted molar refractivity (Wildman–Crippen MR) is 112 cm³/mol. The van der Waals surface area contributed by atoms with E-state index in [0.717, 1.165) is 10.2 Å². The van der Waals surface area contributed by atoms with Gasteiger partial charge in [0.05, 0.1) is 17.6 Å². The number of thiocarbonyl (C=S) groups is 1. The molecule has 0 radical (unpaired) electrons. The van der Waals surface area contributed by atoms with Gasteiger partial charge in [0.25, 0.3) is 5.91 Å². The van der Waals surface area contributed by atoms with Crippen molar-refractivity contribution in [1.29, 1.82) is 0 Å². The summed E-state index contributed by atoms with van der Waals surface area (Å²) in [7, 11) is 4.62. The van der Waals surface area contributed by atoms with Crippen molar-refractivity contribution in [2.45, 2.75) is 6.92 Å². The highest BCUT2D eigenvalue weighted by molar-refractivity contribution is 9.10. The lowest BCUT2D eigenvalue weighted by atomic mass is 10.1. The zero-order valence-electron chi connectivity index (χ0n) is 14.7. The van der Waals surface area contributed by atoms with E-state index in [2.05, 4.69) is 26.6 Å². The number of nitrogens with one attached hydrogen (secondary N) is 2. The lowest BCUT2D eigenvalue weighted by Crippen LogP contribution is -2.21. The Morgan fingerprint density at radius 1 is 1.27 bits per heavy atom. The molecule has 0 spiro atoms. The molecule has 138 valence electrons. The van der Waals surface area contributed by atoms with Gasteiger partial charge >= 0.3 is 5.97 Å². The summed E-state index contributed by atoms with van der Waals surface area (Å²) in [4.78, 5) is 26.5. The molecule has 6 nitrogen and oxygen atoms in total. The number of esters is 1. The van der Waals surface area contributed by atoms with E-state index in [1.54, 1.807) is 21.0 Å². The molecule has 2 N–H and O–H groups in total. The smallest absolute Gasteiger partial charge is 0.341 e. The minimum Gasteiger partial charge on any atom is -0.465 e. The number of hydrogen-bond donors (Lipinski definition) is 2. The van der Waals surface area contributed by atoms with Crippen LogP contribution in [0.25, 0.3) is 0 Å². The molecule has 1 aromatic heterocycles. The number of rotatable bonds is 4. The standard InChI is InChI=1S/C17H18BrN3O3S2/c1-9-12(16(23)24-4)14(26-13(9)15(22)21(2)3)20-17(25)19-11-7-5-6-10(18)8-11/h5-8H,1-4H3,(H2,19,20,25). The highest BCUT2D eigenvalue weighted by atomic mass is 79.9. The van der Waals surface area contributed by atoms with Crippen LogP contribution in [0, 0.1) is 6.92 Å². The number of methoxy groups -OCH3 is 1. The molecule has 0 unspecified atom stereocenters. The van der Waals surface area contributed by atoms with Crippen LogP contribution in [-0.2, 0) is 4.74 Å². The van der Waals surface area contributed by atoms with Crippen molar-refractivity contribution in [3.63, 3.8) is 0 Å². The second-order valence-corrected chi connectivity index (χ2v) is 7.89. The highest BCUT2D eigenvalue weighted by Crippen LogP contribution is 2.34. The number of carbonyl (C=O) groups is 2. The molecule has 0 aliphatic carbocycles. The molecule has 1 amide bonds. The fraction of sp³-hybridized carbons (Fsp3) is 0.235. The molecule has 0 fully saturated rings. The van der Waals surface area contributed by atoms with Crippen molar-refractivity contribution in [3.05, 3.63) is 44.7 Å². The maximum atomic E-state index is 12.4. The Balaban J connectivity index is 2.32. The highest BCUT2D eigenvalue weighted by Gasteiger charge is 2.26. The second-order valence-electron chi connectivity index (χ2n) is 5.54. The number of nitrogens with zero attached hydrogens (tertiary/aromatic N) is 1.